The summed E-state index contributed by atoms with van der Waals surface area (Å²) < 4.78 is 0. The van der Waals surface area contributed by atoms with Crippen LogP contribution in [0.4, 0.5) is 0 Å². The molecule has 2 bridgehead atoms. The predicted octanol–water partition coefficient (Wildman–Crippen LogP) is 1.52. The topological polar surface area (TPSA) is 57.6 Å². The first-order valence-electron chi connectivity index (χ1n) is 6.19. The van der Waals surface area contributed by atoms with Gasteiger partial charge >= 0.3 is 5.97 Å². The molecule has 0 heterocycles. The molecular weight excluding hydrogens is 218 g/mol. The molecule has 94 valence electrons. The van der Waals surface area contributed by atoms with Crippen molar-refractivity contribution in [2.24, 2.45) is 17.8 Å². The van der Waals surface area contributed by atoms with Gasteiger partial charge in [-0.3, -0.25) is 9.59 Å². The van der Waals surface area contributed by atoms with Crippen molar-refractivity contribution in [2.75, 3.05) is 6.54 Å². The van der Waals surface area contributed by atoms with Crippen LogP contribution in [0.25, 0.3) is 0 Å². The summed E-state index contributed by atoms with van der Waals surface area (Å²) in [6.45, 7) is 3.54. The molecule has 0 aromatic rings. The summed E-state index contributed by atoms with van der Waals surface area (Å²) in [4.78, 5) is 24.6. The van der Waals surface area contributed by atoms with Crippen molar-refractivity contribution in [1.82, 2.24) is 4.90 Å². The first-order chi connectivity index (χ1) is 7.99. The summed E-state index contributed by atoms with van der Waals surface area (Å²) in [5.41, 5.74) is 0. The van der Waals surface area contributed by atoms with Gasteiger partial charge in [0.25, 0.3) is 0 Å². The van der Waals surface area contributed by atoms with Gasteiger partial charge in [0, 0.05) is 12.0 Å². The van der Waals surface area contributed by atoms with Crippen LogP contribution in [0.3, 0.4) is 0 Å². The number of carbonyl (C=O) groups excluding carboxylic acids is 1. The molecule has 4 nitrogen and oxygen atoms in total. The van der Waals surface area contributed by atoms with Crippen LogP contribution in [-0.4, -0.2) is 34.5 Å². The number of carboxylic acids is 1. The van der Waals surface area contributed by atoms with Gasteiger partial charge in [-0.15, -0.1) is 0 Å². The largest absolute Gasteiger partial charge is 0.480 e. The van der Waals surface area contributed by atoms with E-state index >= 15 is 0 Å². The van der Waals surface area contributed by atoms with Gasteiger partial charge in [-0.05, 0) is 38.5 Å². The van der Waals surface area contributed by atoms with Crippen LogP contribution in [-0.2, 0) is 9.59 Å². The lowest BCUT2D eigenvalue weighted by Crippen LogP contribution is -2.44. The highest BCUT2D eigenvalue weighted by atomic mass is 16.4. The maximum atomic E-state index is 12.3. The zero-order valence-electron chi connectivity index (χ0n) is 10.3. The highest BCUT2D eigenvalue weighted by molar-refractivity contribution is 5.84. The number of hydrogen-bond acceptors (Lipinski definition) is 2. The molecule has 1 N–H and O–H groups in total. The van der Waals surface area contributed by atoms with Crippen molar-refractivity contribution in [3.63, 3.8) is 0 Å². The summed E-state index contributed by atoms with van der Waals surface area (Å²) in [7, 11) is 0. The van der Waals surface area contributed by atoms with Gasteiger partial charge in [0.1, 0.15) is 6.54 Å². The van der Waals surface area contributed by atoms with Crippen molar-refractivity contribution in [1.29, 1.82) is 0 Å². The number of amides is 1. The maximum absolute atomic E-state index is 12.3. The minimum Gasteiger partial charge on any atom is -0.480 e. The van der Waals surface area contributed by atoms with Gasteiger partial charge in [-0.2, -0.15) is 0 Å². The summed E-state index contributed by atoms with van der Waals surface area (Å²) in [6.07, 6.45) is 6.26. The Bertz CT molecular complexity index is 362. The van der Waals surface area contributed by atoms with Crippen molar-refractivity contribution in [3.8, 4) is 0 Å². The van der Waals surface area contributed by atoms with E-state index < -0.39 is 5.97 Å². The van der Waals surface area contributed by atoms with E-state index in [9.17, 15) is 9.59 Å². The molecule has 2 aliphatic rings. The smallest absolute Gasteiger partial charge is 0.323 e. The van der Waals surface area contributed by atoms with Crippen molar-refractivity contribution in [2.45, 2.75) is 32.7 Å². The molecule has 0 aliphatic heterocycles. The minimum absolute atomic E-state index is 0.00625. The summed E-state index contributed by atoms with van der Waals surface area (Å²) >= 11 is 0. The second-order valence-corrected chi connectivity index (χ2v) is 5.34. The Kier molecular flexibility index (Phi) is 3.22. The standard InChI is InChI=1S/C13H19NO3/c1-8(2)14(7-12(15)16)13(17)11-6-9-3-4-10(11)5-9/h3-4,8-11H,5-7H2,1-2H3,(H,15,16). The third kappa shape index (κ3) is 2.35. The molecule has 4 heteroatoms. The van der Waals surface area contributed by atoms with Gasteiger partial charge in [0.05, 0.1) is 0 Å². The Hall–Kier alpha value is -1.32. The van der Waals surface area contributed by atoms with Crippen LogP contribution in [0.1, 0.15) is 26.7 Å². The van der Waals surface area contributed by atoms with Gasteiger partial charge in [0.2, 0.25) is 5.91 Å². The van der Waals surface area contributed by atoms with E-state index in [1.807, 2.05) is 13.8 Å². The predicted molar refractivity (Wildman–Crippen MR) is 63.3 cm³/mol. The quantitative estimate of drug-likeness (QED) is 0.754. The van der Waals surface area contributed by atoms with Gasteiger partial charge in [-0.1, -0.05) is 12.2 Å². The van der Waals surface area contributed by atoms with E-state index in [4.69, 9.17) is 5.11 Å². The average Bonchev–Trinajstić information content (AvgIpc) is 2.85. The molecule has 17 heavy (non-hydrogen) atoms. The SMILES string of the molecule is CC(C)N(CC(=O)O)C(=O)C1CC2C=CC1C2. The van der Waals surface area contributed by atoms with Gasteiger partial charge in [0.15, 0.2) is 0 Å². The monoisotopic (exact) mass is 237 g/mol. The number of allylic oxidation sites excluding steroid dienone is 2. The number of carbonyl (C=O) groups is 2. The van der Waals surface area contributed by atoms with Crippen LogP contribution in [0, 0.1) is 17.8 Å². The molecule has 0 saturated heterocycles. The maximum Gasteiger partial charge on any atom is 0.323 e. The van der Waals surface area contributed by atoms with E-state index in [-0.39, 0.29) is 24.4 Å². The fourth-order valence-electron chi connectivity index (χ4n) is 2.94. The molecule has 2 aliphatic carbocycles. The lowest BCUT2D eigenvalue weighted by Gasteiger charge is -2.30. The number of carboxylic acid groups (broad SMARTS) is 1. The molecule has 0 aromatic heterocycles. The van der Waals surface area contributed by atoms with Crippen LogP contribution in [0.5, 0.6) is 0 Å². The fourth-order valence-corrected chi connectivity index (χ4v) is 2.94. The third-order valence-electron chi connectivity index (χ3n) is 3.81. The summed E-state index contributed by atoms with van der Waals surface area (Å²) in [5, 5.41) is 8.85. The molecule has 1 fully saturated rings. The van der Waals surface area contributed by atoms with Crippen molar-refractivity contribution >= 4 is 11.9 Å². The minimum atomic E-state index is -0.939. The van der Waals surface area contributed by atoms with Crippen LogP contribution >= 0.6 is 0 Å². The second-order valence-electron chi connectivity index (χ2n) is 5.34. The third-order valence-corrected chi connectivity index (χ3v) is 3.81. The second kappa shape index (κ2) is 4.51. The van der Waals surface area contributed by atoms with Crippen LogP contribution < -0.4 is 0 Å². The molecule has 0 spiro atoms. The molecule has 3 unspecified atom stereocenters. The lowest BCUT2D eigenvalue weighted by atomic mass is 9.92. The number of hydrogen-bond donors (Lipinski definition) is 1. The Balaban J connectivity index is 2.06. The van der Waals surface area contributed by atoms with Crippen LogP contribution in [0.2, 0.25) is 0 Å². The lowest BCUT2D eigenvalue weighted by molar-refractivity contribution is -0.148. The summed E-state index contributed by atoms with van der Waals surface area (Å²) in [6, 6.07) is -0.0540. The first kappa shape index (κ1) is 12.1. The normalized spacial score (nSPS) is 29.9. The highest BCUT2D eigenvalue weighted by Gasteiger charge is 2.42. The fraction of sp³-hybridized carbons (Fsp3) is 0.692. The highest BCUT2D eigenvalue weighted by Crippen LogP contribution is 2.44. The zero-order valence-corrected chi connectivity index (χ0v) is 10.3. The van der Waals surface area contributed by atoms with Crippen LogP contribution in [0.15, 0.2) is 12.2 Å². The molecule has 0 radical (unpaired) electrons. The van der Waals surface area contributed by atoms with E-state index in [1.165, 1.54) is 4.90 Å². The van der Waals surface area contributed by atoms with Gasteiger partial charge in [-0.25, -0.2) is 0 Å². The molecule has 2 rings (SSSR count). The van der Waals surface area contributed by atoms with Gasteiger partial charge < -0.3 is 10.0 Å². The first-order valence-corrected chi connectivity index (χ1v) is 6.19. The molecular formula is C13H19NO3. The molecule has 1 saturated carbocycles. The number of fused-ring (bicyclic) bond motifs is 2. The Morgan fingerprint density at radius 2 is 2.06 bits per heavy atom. The van der Waals surface area contributed by atoms with E-state index in [1.54, 1.807) is 0 Å². The molecule has 3 atom stereocenters. The Morgan fingerprint density at radius 3 is 2.47 bits per heavy atom. The van der Waals surface area contributed by atoms with Crippen molar-refractivity contribution < 1.29 is 14.7 Å². The summed E-state index contributed by atoms with van der Waals surface area (Å²) in [5.74, 6) is -0.0490. The Labute approximate surface area is 101 Å². The molecule has 1 amide bonds. The molecule has 0 aromatic carbocycles. The number of nitrogens with zero attached hydrogens (tertiary/aromatic N) is 1. The number of aliphatic carboxylic acids is 1. The average molecular weight is 237 g/mol. The van der Waals surface area contributed by atoms with E-state index in [0.29, 0.717) is 11.8 Å². The zero-order chi connectivity index (χ0) is 12.6. The van der Waals surface area contributed by atoms with E-state index in [0.717, 1.165) is 12.8 Å². The van der Waals surface area contributed by atoms with E-state index in [2.05, 4.69) is 12.2 Å². The Morgan fingerprint density at radius 1 is 1.35 bits per heavy atom. The van der Waals surface area contributed by atoms with Crippen molar-refractivity contribution in [3.05, 3.63) is 12.2 Å². The number of rotatable bonds is 4.